The number of ether oxygens (including phenoxy) is 1. The van der Waals surface area contributed by atoms with E-state index in [-0.39, 0.29) is 30.2 Å². The predicted molar refractivity (Wildman–Crippen MR) is 148 cm³/mol. The van der Waals surface area contributed by atoms with Crippen molar-refractivity contribution in [2.75, 3.05) is 37.7 Å². The van der Waals surface area contributed by atoms with Crippen molar-refractivity contribution in [1.29, 1.82) is 0 Å². The van der Waals surface area contributed by atoms with Gasteiger partial charge < -0.3 is 14.7 Å². The first-order valence-electron chi connectivity index (χ1n) is 13.1. The molecule has 208 valence electrons. The van der Waals surface area contributed by atoms with Gasteiger partial charge in [-0.25, -0.2) is 22.5 Å². The van der Waals surface area contributed by atoms with E-state index in [0.29, 0.717) is 5.56 Å². The maximum Gasteiger partial charge on any atom is 0.299 e. The Balaban J connectivity index is 1.53. The number of anilines is 1. The van der Waals surface area contributed by atoms with Crippen molar-refractivity contribution in [3.63, 3.8) is 0 Å². The average Bonchev–Trinajstić information content (AvgIpc) is 2.83. The molecule has 2 saturated heterocycles. The number of hydrogen-bond acceptors (Lipinski definition) is 7. The SMILES string of the molecule is CC1(C)OC(=N[C@@H](CCO)c2ccccc2F)NS(=O)(=O)C1c1ccc(N2CCN(C(C)(C)C)CC2)cc1. The van der Waals surface area contributed by atoms with Crippen molar-refractivity contribution >= 4 is 21.7 Å². The van der Waals surface area contributed by atoms with Crippen LogP contribution in [0.4, 0.5) is 10.1 Å². The second kappa shape index (κ2) is 10.8. The minimum absolute atomic E-state index is 0.116. The normalized spacial score (nSPS) is 23.5. The highest BCUT2D eigenvalue weighted by Crippen LogP contribution is 2.40. The summed E-state index contributed by atoms with van der Waals surface area (Å²) in [7, 11) is -3.93. The van der Waals surface area contributed by atoms with Gasteiger partial charge in [0.05, 0.1) is 6.04 Å². The summed E-state index contributed by atoms with van der Waals surface area (Å²) in [6.45, 7) is 13.6. The zero-order valence-electron chi connectivity index (χ0n) is 22.8. The maximum absolute atomic E-state index is 14.4. The van der Waals surface area contributed by atoms with Crippen LogP contribution in [0.25, 0.3) is 0 Å². The van der Waals surface area contributed by atoms with Gasteiger partial charge in [-0.3, -0.25) is 4.90 Å². The first-order valence-corrected chi connectivity index (χ1v) is 14.6. The van der Waals surface area contributed by atoms with Gasteiger partial charge in [0, 0.05) is 49.6 Å². The minimum Gasteiger partial charge on any atom is -0.457 e. The molecule has 2 aliphatic heterocycles. The van der Waals surface area contributed by atoms with Crippen LogP contribution in [0.5, 0.6) is 0 Å². The smallest absolute Gasteiger partial charge is 0.299 e. The molecular weight excluding hydrogens is 507 g/mol. The van der Waals surface area contributed by atoms with Gasteiger partial charge in [0.1, 0.15) is 16.7 Å². The van der Waals surface area contributed by atoms with Crippen LogP contribution in [0.2, 0.25) is 0 Å². The summed E-state index contributed by atoms with van der Waals surface area (Å²) in [5, 5.41) is 8.52. The van der Waals surface area contributed by atoms with Gasteiger partial charge in [-0.15, -0.1) is 0 Å². The van der Waals surface area contributed by atoms with E-state index in [1.165, 1.54) is 6.07 Å². The fraction of sp³-hybridized carbons (Fsp3) is 0.536. The van der Waals surface area contributed by atoms with Crippen molar-refractivity contribution in [2.45, 2.75) is 63.5 Å². The summed E-state index contributed by atoms with van der Waals surface area (Å²) in [5.41, 5.74) is 0.915. The number of aliphatic hydroxyl groups excluding tert-OH is 1. The molecule has 2 atom stereocenters. The van der Waals surface area contributed by atoms with E-state index < -0.39 is 32.7 Å². The number of sulfonamides is 1. The van der Waals surface area contributed by atoms with E-state index in [1.807, 2.05) is 24.3 Å². The second-order valence-electron chi connectivity index (χ2n) is 11.5. The molecule has 0 radical (unpaired) electrons. The zero-order valence-corrected chi connectivity index (χ0v) is 23.6. The number of nitrogens with zero attached hydrogens (tertiary/aromatic N) is 3. The van der Waals surface area contributed by atoms with Crippen LogP contribution < -0.4 is 9.62 Å². The maximum atomic E-state index is 14.4. The van der Waals surface area contributed by atoms with Gasteiger partial charge in [0.25, 0.3) is 6.02 Å². The number of benzene rings is 2. The lowest BCUT2D eigenvalue weighted by atomic mass is 9.97. The van der Waals surface area contributed by atoms with Crippen LogP contribution >= 0.6 is 0 Å². The molecule has 0 amide bonds. The fourth-order valence-electron chi connectivity index (χ4n) is 5.31. The molecule has 0 aromatic heterocycles. The largest absolute Gasteiger partial charge is 0.457 e. The van der Waals surface area contributed by atoms with E-state index >= 15 is 0 Å². The van der Waals surface area contributed by atoms with Crippen LogP contribution in [0.3, 0.4) is 0 Å². The summed E-state index contributed by atoms with van der Waals surface area (Å²) in [5.74, 6) is -0.481. The number of nitrogens with one attached hydrogen (secondary N) is 1. The molecule has 0 spiro atoms. The molecule has 8 nitrogen and oxygen atoms in total. The number of amidine groups is 1. The lowest BCUT2D eigenvalue weighted by Crippen LogP contribution is -2.54. The van der Waals surface area contributed by atoms with Crippen LogP contribution in [0, 0.1) is 5.82 Å². The molecule has 2 fully saturated rings. The number of piperazine rings is 1. The van der Waals surface area contributed by atoms with Crippen LogP contribution in [0.1, 0.15) is 63.5 Å². The lowest BCUT2D eigenvalue weighted by Gasteiger charge is -2.43. The van der Waals surface area contributed by atoms with Crippen molar-refractivity contribution in [3.05, 3.63) is 65.5 Å². The van der Waals surface area contributed by atoms with Crippen LogP contribution in [0.15, 0.2) is 53.5 Å². The molecule has 2 N–H and O–H groups in total. The van der Waals surface area contributed by atoms with Crippen molar-refractivity contribution in [1.82, 2.24) is 9.62 Å². The summed E-state index contributed by atoms with van der Waals surface area (Å²) < 4.78 is 49.8. The fourth-order valence-corrected chi connectivity index (χ4v) is 7.07. The number of hydrogen-bond donors (Lipinski definition) is 2. The topological polar surface area (TPSA) is 94.5 Å². The number of halogens is 1. The Morgan fingerprint density at radius 3 is 2.29 bits per heavy atom. The highest BCUT2D eigenvalue weighted by atomic mass is 32.2. The Hall–Kier alpha value is -2.69. The lowest BCUT2D eigenvalue weighted by molar-refractivity contribution is 0.0758. The molecule has 2 aromatic carbocycles. The van der Waals surface area contributed by atoms with E-state index in [2.05, 4.69) is 40.3 Å². The first-order chi connectivity index (χ1) is 17.8. The molecule has 10 heteroatoms. The highest BCUT2D eigenvalue weighted by molar-refractivity contribution is 7.90. The first kappa shape index (κ1) is 28.3. The Labute approximate surface area is 225 Å². The molecule has 0 bridgehead atoms. The molecule has 4 rings (SSSR count). The monoisotopic (exact) mass is 546 g/mol. The Morgan fingerprint density at radius 1 is 1.11 bits per heavy atom. The predicted octanol–water partition coefficient (Wildman–Crippen LogP) is 4.00. The standard InChI is InChI=1S/C28H39FN4O4S/c1-27(2,3)33-17-15-32(16-18-33)21-12-10-20(11-13-21)25-28(4,5)37-26(31-38(25,35)36)30-24(14-19-34)22-8-6-7-9-23(22)29/h6-13,24-25,34H,14-19H2,1-5H3,(H,30,31)/t24-,25?/m0/s1. The van der Waals surface area contributed by atoms with Gasteiger partial charge >= 0.3 is 0 Å². The summed E-state index contributed by atoms with van der Waals surface area (Å²) >= 11 is 0. The molecule has 38 heavy (non-hydrogen) atoms. The van der Waals surface area contributed by atoms with E-state index in [1.54, 1.807) is 32.0 Å². The van der Waals surface area contributed by atoms with Crippen molar-refractivity contribution in [2.24, 2.45) is 4.99 Å². The molecule has 0 aliphatic carbocycles. The molecule has 1 unspecified atom stereocenters. The Bertz CT molecular complexity index is 1250. The van der Waals surface area contributed by atoms with Gasteiger partial charge in [-0.05, 0) is 64.8 Å². The molecular formula is C28H39FN4O4S. The summed E-state index contributed by atoms with van der Waals surface area (Å²) in [4.78, 5) is 9.15. The van der Waals surface area contributed by atoms with E-state index in [0.717, 1.165) is 31.9 Å². The highest BCUT2D eigenvalue weighted by Gasteiger charge is 2.48. The quantitative estimate of drug-likeness (QED) is 0.569. The van der Waals surface area contributed by atoms with Gasteiger partial charge in [0.15, 0.2) is 0 Å². The second-order valence-corrected chi connectivity index (χ2v) is 13.2. The number of aliphatic hydroxyl groups is 1. The molecule has 2 aromatic rings. The third-order valence-electron chi connectivity index (χ3n) is 7.26. The Morgan fingerprint density at radius 2 is 1.74 bits per heavy atom. The van der Waals surface area contributed by atoms with Gasteiger partial charge in [0.2, 0.25) is 10.0 Å². The third-order valence-corrected chi connectivity index (χ3v) is 9.18. The van der Waals surface area contributed by atoms with E-state index in [4.69, 9.17) is 4.74 Å². The summed E-state index contributed by atoms with van der Waals surface area (Å²) in [6, 6.07) is 12.7. The minimum atomic E-state index is -3.93. The van der Waals surface area contributed by atoms with E-state index in [9.17, 15) is 17.9 Å². The summed E-state index contributed by atoms with van der Waals surface area (Å²) in [6.07, 6.45) is 0.116. The van der Waals surface area contributed by atoms with Crippen LogP contribution in [-0.2, 0) is 14.8 Å². The van der Waals surface area contributed by atoms with Crippen LogP contribution in [-0.4, -0.2) is 68.4 Å². The number of aliphatic imine (C=N–C) groups is 1. The van der Waals surface area contributed by atoms with Crippen molar-refractivity contribution < 1.29 is 22.7 Å². The van der Waals surface area contributed by atoms with Gasteiger partial charge in [-0.2, -0.15) is 0 Å². The third kappa shape index (κ3) is 6.13. The average molecular weight is 547 g/mol. The van der Waals surface area contributed by atoms with Crippen molar-refractivity contribution in [3.8, 4) is 0 Å². The zero-order chi connectivity index (χ0) is 27.7. The molecule has 0 saturated carbocycles. The Kier molecular flexibility index (Phi) is 8.07. The molecule has 2 heterocycles. The molecule has 2 aliphatic rings. The number of rotatable bonds is 6. The van der Waals surface area contributed by atoms with Gasteiger partial charge in [-0.1, -0.05) is 30.3 Å².